The fourth-order valence-electron chi connectivity index (χ4n) is 1.03. The minimum absolute atomic E-state index is 0.809. The maximum Gasteiger partial charge on any atom is 0.0836 e. The lowest BCUT2D eigenvalue weighted by Gasteiger charge is -2.04. The van der Waals surface area contributed by atoms with Gasteiger partial charge in [-0.1, -0.05) is 33.6 Å². The summed E-state index contributed by atoms with van der Waals surface area (Å²) in [5.41, 5.74) is 0. The Morgan fingerprint density at radius 2 is 2.00 bits per heavy atom. The molecule has 0 aliphatic carbocycles. The van der Waals surface area contributed by atoms with Crippen molar-refractivity contribution in [2.75, 3.05) is 6.61 Å². The highest BCUT2D eigenvalue weighted by molar-refractivity contribution is 4.51. The highest BCUT2D eigenvalue weighted by atomic mass is 16.5. The van der Waals surface area contributed by atoms with Crippen LogP contribution in [0.3, 0.4) is 0 Å². The molecule has 0 aromatic heterocycles. The molecule has 12 heavy (non-hydrogen) atoms. The molecule has 0 aromatic rings. The normalized spacial score (nSPS) is 11.0. The van der Waals surface area contributed by atoms with Gasteiger partial charge in [0.05, 0.1) is 6.61 Å². The summed E-state index contributed by atoms with van der Waals surface area (Å²) in [6, 6.07) is 0. The quantitative estimate of drug-likeness (QED) is 0.505. The van der Waals surface area contributed by atoms with Crippen LogP contribution in [-0.4, -0.2) is 6.61 Å². The van der Waals surface area contributed by atoms with Crippen molar-refractivity contribution in [2.24, 2.45) is 5.92 Å². The van der Waals surface area contributed by atoms with E-state index in [9.17, 15) is 0 Å². The molecule has 0 unspecified atom stereocenters. The molecule has 0 spiro atoms. The van der Waals surface area contributed by atoms with Crippen molar-refractivity contribution < 1.29 is 4.74 Å². The molecule has 0 heterocycles. The van der Waals surface area contributed by atoms with E-state index in [1.165, 1.54) is 25.7 Å². The zero-order valence-electron chi connectivity index (χ0n) is 8.81. The van der Waals surface area contributed by atoms with E-state index in [0.717, 1.165) is 18.9 Å². The third-order valence-corrected chi connectivity index (χ3v) is 1.84. The predicted octanol–water partition coefficient (Wildman–Crippen LogP) is 3.79. The second-order valence-corrected chi connectivity index (χ2v) is 3.72. The first kappa shape index (κ1) is 12.0. The topological polar surface area (TPSA) is 9.23 Å². The van der Waals surface area contributed by atoms with E-state index in [2.05, 4.69) is 20.8 Å². The van der Waals surface area contributed by atoms with Gasteiger partial charge in [0.15, 0.2) is 0 Å². The van der Waals surface area contributed by atoms with Crippen molar-refractivity contribution >= 4 is 0 Å². The van der Waals surface area contributed by atoms with Crippen LogP contribution in [0.15, 0.2) is 0 Å². The molecule has 73 valence electrons. The third-order valence-electron chi connectivity index (χ3n) is 1.84. The van der Waals surface area contributed by atoms with Crippen molar-refractivity contribution in [3.63, 3.8) is 0 Å². The van der Waals surface area contributed by atoms with Crippen LogP contribution in [0.4, 0.5) is 0 Å². The number of unbranched alkanes of at least 4 members (excludes halogenated alkanes) is 2. The molecule has 0 bridgehead atoms. The minimum Gasteiger partial charge on any atom is -0.376 e. The summed E-state index contributed by atoms with van der Waals surface area (Å²) in [7, 11) is 0. The average molecular weight is 171 g/mol. The van der Waals surface area contributed by atoms with Gasteiger partial charge in [-0.05, 0) is 25.2 Å². The predicted molar refractivity (Wildman–Crippen MR) is 53.8 cm³/mol. The molecule has 0 N–H and O–H groups in total. The summed E-state index contributed by atoms with van der Waals surface area (Å²) in [6.45, 7) is 9.57. The summed E-state index contributed by atoms with van der Waals surface area (Å²) in [5.74, 6) is 0.809. The van der Waals surface area contributed by atoms with Crippen molar-refractivity contribution in [3.8, 4) is 0 Å². The largest absolute Gasteiger partial charge is 0.376 e. The molecule has 0 atom stereocenters. The Bertz CT molecular complexity index is 79.1. The van der Waals surface area contributed by atoms with E-state index in [1.807, 2.05) is 6.61 Å². The Morgan fingerprint density at radius 1 is 1.25 bits per heavy atom. The molecule has 1 heteroatoms. The van der Waals surface area contributed by atoms with Crippen LogP contribution in [0.25, 0.3) is 0 Å². The second kappa shape index (κ2) is 9.05. The van der Waals surface area contributed by atoms with Crippen molar-refractivity contribution in [1.82, 2.24) is 0 Å². The van der Waals surface area contributed by atoms with Gasteiger partial charge < -0.3 is 4.74 Å². The van der Waals surface area contributed by atoms with Crippen LogP contribution < -0.4 is 0 Å². The standard InChI is InChI=1S/C11H23O/c1-4-5-6-9-12-10-7-8-11(2)3/h9,11H,4-8,10H2,1-3H3. The fourth-order valence-corrected chi connectivity index (χ4v) is 1.03. The van der Waals surface area contributed by atoms with E-state index < -0.39 is 0 Å². The van der Waals surface area contributed by atoms with Gasteiger partial charge in [-0.15, -0.1) is 0 Å². The highest BCUT2D eigenvalue weighted by Gasteiger charge is 1.93. The van der Waals surface area contributed by atoms with Gasteiger partial charge in [0.1, 0.15) is 0 Å². The van der Waals surface area contributed by atoms with Gasteiger partial charge in [0.25, 0.3) is 0 Å². The van der Waals surface area contributed by atoms with Crippen LogP contribution in [0.2, 0.25) is 0 Å². The maximum absolute atomic E-state index is 5.36. The SMILES string of the molecule is CCCC[CH]OCCCC(C)C. The zero-order chi connectivity index (χ0) is 9.23. The van der Waals surface area contributed by atoms with Gasteiger partial charge in [-0.2, -0.15) is 0 Å². The van der Waals surface area contributed by atoms with E-state index in [-0.39, 0.29) is 0 Å². The molecule has 0 fully saturated rings. The van der Waals surface area contributed by atoms with Gasteiger partial charge in [0, 0.05) is 6.61 Å². The molecule has 0 aromatic carbocycles. The van der Waals surface area contributed by atoms with Crippen LogP contribution >= 0.6 is 0 Å². The van der Waals surface area contributed by atoms with Crippen LogP contribution in [0.1, 0.15) is 52.9 Å². The summed E-state index contributed by atoms with van der Waals surface area (Å²) in [5, 5.41) is 0. The molecule has 1 radical (unpaired) electrons. The lowest BCUT2D eigenvalue weighted by atomic mass is 10.1. The van der Waals surface area contributed by atoms with E-state index in [1.54, 1.807) is 0 Å². The molecule has 0 saturated carbocycles. The van der Waals surface area contributed by atoms with Crippen molar-refractivity contribution in [3.05, 3.63) is 6.61 Å². The fraction of sp³-hybridized carbons (Fsp3) is 0.909. The average Bonchev–Trinajstić information content (AvgIpc) is 2.02. The minimum atomic E-state index is 0.809. The molecule has 1 nitrogen and oxygen atoms in total. The molecule has 0 aliphatic rings. The monoisotopic (exact) mass is 171 g/mol. The second-order valence-electron chi connectivity index (χ2n) is 3.72. The van der Waals surface area contributed by atoms with Gasteiger partial charge in [-0.3, -0.25) is 0 Å². The van der Waals surface area contributed by atoms with Gasteiger partial charge >= 0.3 is 0 Å². The van der Waals surface area contributed by atoms with Crippen molar-refractivity contribution in [1.29, 1.82) is 0 Å². The lowest BCUT2D eigenvalue weighted by molar-refractivity contribution is 0.181. The Morgan fingerprint density at radius 3 is 2.58 bits per heavy atom. The number of hydrogen-bond acceptors (Lipinski definition) is 1. The number of hydrogen-bond donors (Lipinski definition) is 0. The van der Waals surface area contributed by atoms with Crippen molar-refractivity contribution in [2.45, 2.75) is 52.9 Å². The first-order valence-corrected chi connectivity index (χ1v) is 5.20. The van der Waals surface area contributed by atoms with Gasteiger partial charge in [0.2, 0.25) is 0 Å². The molecule has 0 rings (SSSR count). The molecule has 0 amide bonds. The van der Waals surface area contributed by atoms with Gasteiger partial charge in [-0.25, -0.2) is 0 Å². The molecule has 0 aliphatic heterocycles. The summed E-state index contributed by atoms with van der Waals surface area (Å²) < 4.78 is 5.36. The highest BCUT2D eigenvalue weighted by Crippen LogP contribution is 2.05. The summed E-state index contributed by atoms with van der Waals surface area (Å²) >= 11 is 0. The maximum atomic E-state index is 5.36. The Labute approximate surface area is 77.5 Å². The Kier molecular flexibility index (Phi) is 9.02. The third kappa shape index (κ3) is 9.96. The van der Waals surface area contributed by atoms with Crippen LogP contribution in [0, 0.1) is 12.5 Å². The first-order chi connectivity index (χ1) is 5.77. The molecule has 0 saturated heterocycles. The summed E-state index contributed by atoms with van der Waals surface area (Å²) in [6.07, 6.45) is 6.09. The Balaban J connectivity index is 2.82. The van der Waals surface area contributed by atoms with Crippen LogP contribution in [0.5, 0.6) is 0 Å². The number of ether oxygens (including phenoxy) is 1. The summed E-state index contributed by atoms with van der Waals surface area (Å²) in [4.78, 5) is 0. The molecular weight excluding hydrogens is 148 g/mol. The van der Waals surface area contributed by atoms with E-state index in [4.69, 9.17) is 4.74 Å². The first-order valence-electron chi connectivity index (χ1n) is 5.20. The number of rotatable bonds is 8. The molecular formula is C11H23O. The van der Waals surface area contributed by atoms with E-state index >= 15 is 0 Å². The van der Waals surface area contributed by atoms with Crippen LogP contribution in [-0.2, 0) is 4.74 Å². The lowest BCUT2D eigenvalue weighted by Crippen LogP contribution is -1.95. The van der Waals surface area contributed by atoms with E-state index in [0.29, 0.717) is 0 Å². The smallest absolute Gasteiger partial charge is 0.0836 e. The Hall–Kier alpha value is -0.0400. The zero-order valence-corrected chi connectivity index (χ0v) is 8.81.